The molecule has 0 amide bonds. The molecule has 0 aliphatic rings. The number of benzene rings is 2. The molecule has 0 saturated carbocycles. The molecule has 5 nitrogen and oxygen atoms in total. The lowest BCUT2D eigenvalue weighted by Crippen LogP contribution is -2.39. The van der Waals surface area contributed by atoms with Gasteiger partial charge in [-0.05, 0) is 36.8 Å². The highest BCUT2D eigenvalue weighted by Crippen LogP contribution is 2.29. The highest BCUT2D eigenvalue weighted by Gasteiger charge is 2.30. The van der Waals surface area contributed by atoms with Crippen LogP contribution in [0.4, 0.5) is 13.2 Å². The number of guanidine groups is 1. The average molecular weight is 413 g/mol. The lowest BCUT2D eigenvalue weighted by molar-refractivity contribution is -0.137. The lowest BCUT2D eigenvalue weighted by atomic mass is 10.1. The van der Waals surface area contributed by atoms with Crippen molar-refractivity contribution in [2.24, 2.45) is 4.99 Å². The fourth-order valence-corrected chi connectivity index (χ4v) is 3.59. The normalized spacial score (nSPS) is 12.6. The van der Waals surface area contributed by atoms with Crippen molar-refractivity contribution in [3.05, 3.63) is 65.7 Å². The molecule has 2 N–H and O–H groups in total. The minimum absolute atomic E-state index is 0.0324. The Bertz CT molecular complexity index is 898. The maximum atomic E-state index is 12.8. The van der Waals surface area contributed by atoms with Crippen molar-refractivity contribution in [3.8, 4) is 0 Å². The van der Waals surface area contributed by atoms with E-state index in [0.717, 1.165) is 12.1 Å². The highest BCUT2D eigenvalue weighted by atomic mass is 32.2. The van der Waals surface area contributed by atoms with E-state index >= 15 is 0 Å². The van der Waals surface area contributed by atoms with Gasteiger partial charge in [-0.2, -0.15) is 13.2 Å². The average Bonchev–Trinajstić information content (AvgIpc) is 2.66. The molecule has 28 heavy (non-hydrogen) atoms. The van der Waals surface area contributed by atoms with Crippen LogP contribution in [0.2, 0.25) is 0 Å². The van der Waals surface area contributed by atoms with E-state index in [1.807, 2.05) is 6.92 Å². The van der Waals surface area contributed by atoms with E-state index in [1.54, 1.807) is 24.3 Å². The van der Waals surface area contributed by atoms with Crippen LogP contribution in [-0.2, 0) is 22.6 Å². The maximum absolute atomic E-state index is 12.8. The molecule has 0 unspecified atom stereocenters. The highest BCUT2D eigenvalue weighted by molar-refractivity contribution is 7.91. The summed E-state index contributed by atoms with van der Waals surface area (Å²) in [5.74, 6) is 0.202. The zero-order valence-corrected chi connectivity index (χ0v) is 16.1. The molecule has 0 fully saturated rings. The van der Waals surface area contributed by atoms with Crippen molar-refractivity contribution < 1.29 is 21.6 Å². The fraction of sp³-hybridized carbons (Fsp3) is 0.316. The number of sulfone groups is 1. The molecule has 2 aromatic carbocycles. The first-order valence-corrected chi connectivity index (χ1v) is 10.3. The van der Waals surface area contributed by atoms with Gasteiger partial charge in [0.2, 0.25) is 0 Å². The largest absolute Gasteiger partial charge is 0.416 e. The number of halogens is 3. The van der Waals surface area contributed by atoms with Gasteiger partial charge in [0.1, 0.15) is 0 Å². The van der Waals surface area contributed by atoms with Gasteiger partial charge >= 0.3 is 6.18 Å². The Morgan fingerprint density at radius 2 is 1.75 bits per heavy atom. The summed E-state index contributed by atoms with van der Waals surface area (Å²) in [7, 11) is -3.43. The van der Waals surface area contributed by atoms with Gasteiger partial charge in [0.05, 0.1) is 22.8 Å². The number of rotatable bonds is 7. The molecule has 0 bridgehead atoms. The molecule has 0 aromatic heterocycles. The molecule has 0 aliphatic heterocycles. The third-order valence-corrected chi connectivity index (χ3v) is 5.52. The molecule has 9 heteroatoms. The summed E-state index contributed by atoms with van der Waals surface area (Å²) in [5.41, 5.74) is -0.323. The third-order valence-electron chi connectivity index (χ3n) is 3.78. The maximum Gasteiger partial charge on any atom is 0.416 e. The quantitative estimate of drug-likeness (QED) is 0.540. The van der Waals surface area contributed by atoms with Crippen molar-refractivity contribution in [1.29, 1.82) is 0 Å². The summed E-state index contributed by atoms with van der Waals surface area (Å²) >= 11 is 0. The molecule has 0 saturated heterocycles. The van der Waals surface area contributed by atoms with E-state index in [4.69, 9.17) is 0 Å². The number of aliphatic imine (C=N–C) groups is 1. The molecule has 2 rings (SSSR count). The van der Waals surface area contributed by atoms with Crippen molar-refractivity contribution in [2.75, 3.05) is 18.8 Å². The molecule has 2 aromatic rings. The van der Waals surface area contributed by atoms with E-state index in [-0.39, 0.29) is 23.7 Å². The monoisotopic (exact) mass is 413 g/mol. The van der Waals surface area contributed by atoms with Gasteiger partial charge in [-0.25, -0.2) is 13.4 Å². The Morgan fingerprint density at radius 3 is 2.39 bits per heavy atom. The third kappa shape index (κ3) is 6.56. The second kappa shape index (κ2) is 9.59. The second-order valence-electron chi connectivity index (χ2n) is 5.95. The van der Waals surface area contributed by atoms with Crippen molar-refractivity contribution in [1.82, 2.24) is 10.6 Å². The molecular weight excluding hydrogens is 391 g/mol. The van der Waals surface area contributed by atoms with Gasteiger partial charge in [0.15, 0.2) is 15.8 Å². The van der Waals surface area contributed by atoms with Gasteiger partial charge in [-0.15, -0.1) is 0 Å². The molecule has 152 valence electrons. The number of nitrogens with zero attached hydrogens (tertiary/aromatic N) is 1. The van der Waals surface area contributed by atoms with Gasteiger partial charge in [-0.1, -0.05) is 30.3 Å². The zero-order valence-electron chi connectivity index (χ0n) is 15.3. The summed E-state index contributed by atoms with van der Waals surface area (Å²) in [5, 5.41) is 5.84. The predicted octanol–water partition coefficient (Wildman–Crippen LogP) is 3.23. The molecular formula is C19H22F3N3O2S. The Kier molecular flexibility index (Phi) is 7.45. The van der Waals surface area contributed by atoms with Gasteiger partial charge in [-0.3, -0.25) is 0 Å². The van der Waals surface area contributed by atoms with Crippen LogP contribution in [0.3, 0.4) is 0 Å². The zero-order chi connectivity index (χ0) is 20.6. The Morgan fingerprint density at radius 1 is 1.04 bits per heavy atom. The van der Waals surface area contributed by atoms with E-state index < -0.39 is 21.6 Å². The summed E-state index contributed by atoms with van der Waals surface area (Å²) < 4.78 is 62.9. The molecule has 0 aliphatic carbocycles. The Balaban J connectivity index is 1.99. The van der Waals surface area contributed by atoms with Crippen molar-refractivity contribution in [2.45, 2.75) is 24.5 Å². The minimum atomic E-state index is -4.41. The van der Waals surface area contributed by atoms with Crippen LogP contribution in [0.5, 0.6) is 0 Å². The van der Waals surface area contributed by atoms with Crippen LogP contribution in [0.15, 0.2) is 64.5 Å². The van der Waals surface area contributed by atoms with Crippen LogP contribution in [0.25, 0.3) is 0 Å². The van der Waals surface area contributed by atoms with E-state index in [1.165, 1.54) is 18.2 Å². The van der Waals surface area contributed by atoms with Crippen LogP contribution in [0.1, 0.15) is 18.1 Å². The molecule has 0 heterocycles. The van der Waals surface area contributed by atoms with Crippen LogP contribution in [-0.4, -0.2) is 33.2 Å². The van der Waals surface area contributed by atoms with Crippen LogP contribution in [0, 0.1) is 0 Å². The van der Waals surface area contributed by atoms with Gasteiger partial charge < -0.3 is 10.6 Å². The minimum Gasteiger partial charge on any atom is -0.357 e. The topological polar surface area (TPSA) is 70.6 Å². The predicted molar refractivity (Wildman–Crippen MR) is 103 cm³/mol. The fourth-order valence-electron chi connectivity index (χ4n) is 2.41. The Labute approximate surface area is 162 Å². The molecule has 0 atom stereocenters. The number of hydrogen-bond donors (Lipinski definition) is 2. The first-order valence-electron chi connectivity index (χ1n) is 8.68. The van der Waals surface area contributed by atoms with Gasteiger partial charge in [0.25, 0.3) is 0 Å². The van der Waals surface area contributed by atoms with Crippen LogP contribution >= 0.6 is 0 Å². The van der Waals surface area contributed by atoms with Gasteiger partial charge in [0, 0.05) is 13.1 Å². The molecule has 0 radical (unpaired) electrons. The number of nitrogens with one attached hydrogen (secondary N) is 2. The van der Waals surface area contributed by atoms with E-state index in [9.17, 15) is 21.6 Å². The number of alkyl halides is 3. The number of hydrogen-bond acceptors (Lipinski definition) is 3. The smallest absolute Gasteiger partial charge is 0.357 e. The van der Waals surface area contributed by atoms with E-state index in [2.05, 4.69) is 15.6 Å². The summed E-state index contributed by atoms with van der Waals surface area (Å²) in [6.45, 7) is 2.51. The Hall–Kier alpha value is -2.55. The lowest BCUT2D eigenvalue weighted by Gasteiger charge is -2.12. The SMILES string of the molecule is CCNC(=NCc1cccc(C(F)(F)F)c1)NCCS(=O)(=O)c1ccccc1. The van der Waals surface area contributed by atoms with E-state index in [0.29, 0.717) is 18.1 Å². The first-order chi connectivity index (χ1) is 13.2. The van der Waals surface area contributed by atoms with Crippen molar-refractivity contribution >= 4 is 15.8 Å². The standard InChI is InChI=1S/C19H22F3N3O2S/c1-2-23-18(24-11-12-28(26,27)17-9-4-3-5-10-17)25-14-15-7-6-8-16(13-15)19(20,21)22/h3-10,13H,2,11-12,14H2,1H3,(H2,23,24,25). The van der Waals surface area contributed by atoms with Crippen LogP contribution < -0.4 is 10.6 Å². The second-order valence-corrected chi connectivity index (χ2v) is 8.06. The summed E-state index contributed by atoms with van der Waals surface area (Å²) in [6, 6.07) is 13.0. The molecule has 0 spiro atoms. The summed E-state index contributed by atoms with van der Waals surface area (Å²) in [4.78, 5) is 4.47. The summed E-state index contributed by atoms with van der Waals surface area (Å²) in [6.07, 6.45) is -4.41. The van der Waals surface area contributed by atoms with Crippen molar-refractivity contribution in [3.63, 3.8) is 0 Å². The first kappa shape index (κ1) is 21.7.